The van der Waals surface area contributed by atoms with Gasteiger partial charge in [0.1, 0.15) is 5.75 Å². The minimum Gasteiger partial charge on any atom is -0.497 e. The highest BCUT2D eigenvalue weighted by molar-refractivity contribution is 6.00. The Hall–Kier alpha value is -1.39. The first-order chi connectivity index (χ1) is 8.20. The summed E-state index contributed by atoms with van der Waals surface area (Å²) in [5.74, 6) is 0.925. The van der Waals surface area contributed by atoms with Crippen molar-refractivity contribution in [3.63, 3.8) is 0 Å². The van der Waals surface area contributed by atoms with Crippen molar-refractivity contribution in [2.75, 3.05) is 33.8 Å². The number of nitrogens with zero attached hydrogens (tertiary/aromatic N) is 1. The molecule has 92 valence electrons. The van der Waals surface area contributed by atoms with E-state index in [1.807, 2.05) is 31.3 Å². The van der Waals surface area contributed by atoms with Gasteiger partial charge in [0.25, 0.3) is 0 Å². The number of ether oxygens (including phenoxy) is 1. The maximum absolute atomic E-state index is 12.2. The Morgan fingerprint density at radius 2 is 2.12 bits per heavy atom. The van der Waals surface area contributed by atoms with Crippen LogP contribution in [-0.4, -0.2) is 50.5 Å². The van der Waals surface area contributed by atoms with Crippen molar-refractivity contribution >= 4 is 5.78 Å². The fourth-order valence-corrected chi connectivity index (χ4v) is 2.03. The molecule has 1 heterocycles. The molecule has 17 heavy (non-hydrogen) atoms. The number of piperazine rings is 1. The van der Waals surface area contributed by atoms with Crippen molar-refractivity contribution < 1.29 is 9.53 Å². The minimum atomic E-state index is -0.0952. The second-order valence-corrected chi connectivity index (χ2v) is 4.36. The van der Waals surface area contributed by atoms with E-state index in [0.717, 1.165) is 30.9 Å². The summed E-state index contributed by atoms with van der Waals surface area (Å²) in [6.45, 7) is 2.63. The van der Waals surface area contributed by atoms with Crippen LogP contribution in [0.4, 0.5) is 0 Å². The monoisotopic (exact) mass is 234 g/mol. The average molecular weight is 234 g/mol. The second-order valence-electron chi connectivity index (χ2n) is 4.36. The van der Waals surface area contributed by atoms with E-state index in [-0.39, 0.29) is 11.8 Å². The highest BCUT2D eigenvalue weighted by Crippen LogP contribution is 2.13. The van der Waals surface area contributed by atoms with Gasteiger partial charge in [-0.05, 0) is 31.3 Å². The maximum Gasteiger partial charge on any atom is 0.181 e. The van der Waals surface area contributed by atoms with E-state index in [1.54, 1.807) is 7.11 Å². The van der Waals surface area contributed by atoms with Crippen molar-refractivity contribution in [2.45, 2.75) is 6.04 Å². The Labute approximate surface area is 102 Å². The SMILES string of the molecule is COc1ccc(C(=O)C2CN(C)CCN2)cc1. The normalized spacial score (nSPS) is 21.2. The van der Waals surface area contributed by atoms with Gasteiger partial charge in [-0.2, -0.15) is 0 Å². The Morgan fingerprint density at radius 3 is 2.71 bits per heavy atom. The molecule has 0 bridgehead atoms. The molecular weight excluding hydrogens is 216 g/mol. The van der Waals surface area contributed by atoms with Crippen molar-refractivity contribution in [3.05, 3.63) is 29.8 Å². The largest absolute Gasteiger partial charge is 0.497 e. The fourth-order valence-electron chi connectivity index (χ4n) is 2.03. The number of ketones is 1. The Kier molecular flexibility index (Phi) is 3.76. The predicted molar refractivity (Wildman–Crippen MR) is 66.6 cm³/mol. The molecule has 4 nitrogen and oxygen atoms in total. The van der Waals surface area contributed by atoms with E-state index in [4.69, 9.17) is 4.74 Å². The van der Waals surface area contributed by atoms with Gasteiger partial charge in [-0.1, -0.05) is 0 Å². The van der Waals surface area contributed by atoms with E-state index in [2.05, 4.69) is 10.2 Å². The first kappa shape index (κ1) is 12.1. The first-order valence-corrected chi connectivity index (χ1v) is 5.81. The second kappa shape index (κ2) is 5.29. The number of hydrogen-bond acceptors (Lipinski definition) is 4. The first-order valence-electron chi connectivity index (χ1n) is 5.81. The molecule has 1 N–H and O–H groups in total. The highest BCUT2D eigenvalue weighted by atomic mass is 16.5. The predicted octanol–water partition coefficient (Wildman–Crippen LogP) is 0.781. The van der Waals surface area contributed by atoms with Crippen LogP contribution >= 0.6 is 0 Å². The zero-order valence-corrected chi connectivity index (χ0v) is 10.3. The van der Waals surface area contributed by atoms with Crippen molar-refractivity contribution in [2.24, 2.45) is 0 Å². The molecule has 1 aliphatic heterocycles. The Morgan fingerprint density at radius 1 is 1.41 bits per heavy atom. The molecule has 1 atom stereocenters. The molecular formula is C13H18N2O2. The van der Waals surface area contributed by atoms with Gasteiger partial charge in [0, 0.05) is 25.2 Å². The summed E-state index contributed by atoms with van der Waals surface area (Å²) in [4.78, 5) is 14.4. The number of carbonyl (C=O) groups excluding carboxylic acids is 1. The third kappa shape index (κ3) is 2.84. The van der Waals surface area contributed by atoms with Gasteiger partial charge in [-0.3, -0.25) is 4.79 Å². The Balaban J connectivity index is 2.07. The fraction of sp³-hybridized carbons (Fsp3) is 0.462. The van der Waals surface area contributed by atoms with Crippen molar-refractivity contribution in [1.82, 2.24) is 10.2 Å². The van der Waals surface area contributed by atoms with E-state index in [1.165, 1.54) is 0 Å². The number of carbonyl (C=O) groups is 1. The van der Waals surface area contributed by atoms with Gasteiger partial charge in [-0.15, -0.1) is 0 Å². The molecule has 1 aromatic carbocycles. The molecule has 0 saturated carbocycles. The lowest BCUT2D eigenvalue weighted by molar-refractivity contribution is 0.0894. The van der Waals surface area contributed by atoms with Gasteiger partial charge in [0.15, 0.2) is 5.78 Å². The van der Waals surface area contributed by atoms with Crippen LogP contribution in [0.1, 0.15) is 10.4 Å². The lowest BCUT2D eigenvalue weighted by Gasteiger charge is -2.29. The van der Waals surface area contributed by atoms with Crippen LogP contribution in [0.5, 0.6) is 5.75 Å². The number of rotatable bonds is 3. The van der Waals surface area contributed by atoms with Crippen LogP contribution in [0.2, 0.25) is 0 Å². The lowest BCUT2D eigenvalue weighted by Crippen LogP contribution is -2.52. The molecule has 0 spiro atoms. The molecule has 4 heteroatoms. The van der Waals surface area contributed by atoms with Crippen LogP contribution in [-0.2, 0) is 0 Å². The summed E-state index contributed by atoms with van der Waals surface area (Å²) in [6.07, 6.45) is 0. The van der Waals surface area contributed by atoms with Gasteiger partial charge < -0.3 is 15.0 Å². The van der Waals surface area contributed by atoms with E-state index in [0.29, 0.717) is 0 Å². The third-order valence-corrected chi connectivity index (χ3v) is 3.07. The van der Waals surface area contributed by atoms with Crippen molar-refractivity contribution in [3.8, 4) is 5.75 Å². The summed E-state index contributed by atoms with van der Waals surface area (Å²) in [5, 5.41) is 3.25. The van der Waals surface area contributed by atoms with Gasteiger partial charge in [0.05, 0.1) is 13.2 Å². The van der Waals surface area contributed by atoms with Crippen LogP contribution in [0.3, 0.4) is 0 Å². The molecule has 1 fully saturated rings. The molecule has 2 rings (SSSR count). The summed E-state index contributed by atoms with van der Waals surface area (Å²) in [6, 6.07) is 7.18. The molecule has 1 aromatic rings. The molecule has 0 aromatic heterocycles. The van der Waals surface area contributed by atoms with Crippen LogP contribution in [0.25, 0.3) is 0 Å². The summed E-state index contributed by atoms with van der Waals surface area (Å²) in [7, 11) is 3.66. The average Bonchev–Trinajstić information content (AvgIpc) is 2.38. The minimum absolute atomic E-state index is 0.0952. The summed E-state index contributed by atoms with van der Waals surface area (Å²) < 4.78 is 5.08. The zero-order valence-electron chi connectivity index (χ0n) is 10.3. The number of nitrogens with one attached hydrogen (secondary N) is 1. The molecule has 0 aliphatic carbocycles. The summed E-state index contributed by atoms with van der Waals surface area (Å²) >= 11 is 0. The maximum atomic E-state index is 12.2. The number of Topliss-reactive ketones (excluding diaryl/α,β-unsaturated/α-hetero) is 1. The number of benzene rings is 1. The van der Waals surface area contributed by atoms with Gasteiger partial charge in [0.2, 0.25) is 0 Å². The van der Waals surface area contributed by atoms with Crippen LogP contribution < -0.4 is 10.1 Å². The van der Waals surface area contributed by atoms with E-state index in [9.17, 15) is 4.79 Å². The quantitative estimate of drug-likeness (QED) is 0.785. The lowest BCUT2D eigenvalue weighted by atomic mass is 10.0. The van der Waals surface area contributed by atoms with Crippen LogP contribution in [0.15, 0.2) is 24.3 Å². The highest BCUT2D eigenvalue weighted by Gasteiger charge is 2.24. The number of likely N-dealkylation sites (N-methyl/N-ethyl adjacent to an activating group) is 1. The smallest absolute Gasteiger partial charge is 0.181 e. The number of methoxy groups -OCH3 is 1. The van der Waals surface area contributed by atoms with E-state index < -0.39 is 0 Å². The van der Waals surface area contributed by atoms with Crippen molar-refractivity contribution in [1.29, 1.82) is 0 Å². The molecule has 0 amide bonds. The van der Waals surface area contributed by atoms with E-state index >= 15 is 0 Å². The third-order valence-electron chi connectivity index (χ3n) is 3.07. The number of hydrogen-bond donors (Lipinski definition) is 1. The van der Waals surface area contributed by atoms with Crippen LogP contribution in [0, 0.1) is 0 Å². The molecule has 0 radical (unpaired) electrons. The van der Waals surface area contributed by atoms with Gasteiger partial charge >= 0.3 is 0 Å². The standard InChI is InChI=1S/C13H18N2O2/c1-15-8-7-14-12(9-15)13(16)10-3-5-11(17-2)6-4-10/h3-6,12,14H,7-9H2,1-2H3. The zero-order chi connectivity index (χ0) is 12.3. The van der Waals surface area contributed by atoms with Gasteiger partial charge in [-0.25, -0.2) is 0 Å². The topological polar surface area (TPSA) is 41.6 Å². The summed E-state index contributed by atoms with van der Waals surface area (Å²) in [5.41, 5.74) is 0.735. The molecule has 1 aliphatic rings. The Bertz CT molecular complexity index is 389. The molecule has 1 unspecified atom stereocenters. The molecule has 1 saturated heterocycles.